The fraction of sp³-hybridized carbons (Fsp3) is 0. The van der Waals surface area contributed by atoms with Gasteiger partial charge in [-0.2, -0.15) is 0 Å². The number of benzene rings is 5. The van der Waals surface area contributed by atoms with E-state index >= 15 is 0 Å². The van der Waals surface area contributed by atoms with E-state index in [1.54, 1.807) is 24.3 Å². The summed E-state index contributed by atoms with van der Waals surface area (Å²) in [6.45, 7) is 0. The van der Waals surface area contributed by atoms with E-state index in [-0.39, 0.29) is 0 Å². The maximum atomic E-state index is 9.47. The second-order valence-electron chi connectivity index (χ2n) is 7.83. The summed E-state index contributed by atoms with van der Waals surface area (Å²) in [4.78, 5) is 0. The minimum Gasteiger partial charge on any atom is -0.423 e. The summed E-state index contributed by atoms with van der Waals surface area (Å²) >= 11 is 0. The number of hydrogen-bond acceptors (Lipinski definition) is 4. The number of fused-ring (bicyclic) bond motifs is 2. The Balaban J connectivity index is 1.83. The molecule has 0 amide bonds. The van der Waals surface area contributed by atoms with E-state index in [1.807, 2.05) is 48.5 Å². The van der Waals surface area contributed by atoms with Crippen molar-refractivity contribution in [2.45, 2.75) is 0 Å². The number of rotatable bonds is 4. The van der Waals surface area contributed by atoms with Crippen molar-refractivity contribution < 1.29 is 20.1 Å². The highest BCUT2D eigenvalue weighted by molar-refractivity contribution is 6.59. The summed E-state index contributed by atoms with van der Waals surface area (Å²) in [5.74, 6) is 0. The van der Waals surface area contributed by atoms with Crippen LogP contribution in [-0.4, -0.2) is 34.3 Å². The molecular formula is C26H20B2O4. The molecule has 5 rings (SSSR count). The van der Waals surface area contributed by atoms with E-state index in [4.69, 9.17) is 0 Å². The van der Waals surface area contributed by atoms with Gasteiger partial charge in [0.05, 0.1) is 0 Å². The molecule has 0 saturated heterocycles. The van der Waals surface area contributed by atoms with Crippen LogP contribution in [-0.2, 0) is 0 Å². The Bertz CT molecular complexity index is 1250. The Morgan fingerprint density at radius 3 is 0.906 bits per heavy atom. The lowest BCUT2D eigenvalue weighted by molar-refractivity contribution is 0.424. The summed E-state index contributed by atoms with van der Waals surface area (Å²) in [6, 6.07) is 31.1. The maximum absolute atomic E-state index is 9.47. The molecular weight excluding hydrogens is 398 g/mol. The molecule has 0 aromatic heterocycles. The van der Waals surface area contributed by atoms with Gasteiger partial charge in [-0.3, -0.25) is 0 Å². The highest BCUT2D eigenvalue weighted by Crippen LogP contribution is 2.43. The van der Waals surface area contributed by atoms with E-state index in [9.17, 15) is 20.1 Å². The van der Waals surface area contributed by atoms with E-state index in [0.717, 1.165) is 43.8 Å². The Hall–Kier alpha value is -3.41. The molecule has 0 unspecified atom stereocenters. The third-order valence-electron chi connectivity index (χ3n) is 5.93. The molecule has 6 heteroatoms. The molecule has 0 atom stereocenters. The maximum Gasteiger partial charge on any atom is 0.488 e. The van der Waals surface area contributed by atoms with E-state index in [2.05, 4.69) is 24.3 Å². The Labute approximate surface area is 186 Å². The summed E-state index contributed by atoms with van der Waals surface area (Å²) in [7, 11) is -3.00. The third kappa shape index (κ3) is 3.49. The van der Waals surface area contributed by atoms with Crippen LogP contribution >= 0.6 is 0 Å². The van der Waals surface area contributed by atoms with Crippen LogP contribution in [0.3, 0.4) is 0 Å². The zero-order valence-electron chi connectivity index (χ0n) is 17.2. The molecule has 5 aromatic rings. The van der Waals surface area contributed by atoms with Gasteiger partial charge < -0.3 is 20.1 Å². The molecule has 0 aliphatic rings. The van der Waals surface area contributed by atoms with Gasteiger partial charge in [0.25, 0.3) is 0 Å². The molecule has 5 aromatic carbocycles. The average molecular weight is 418 g/mol. The minimum atomic E-state index is -1.50. The van der Waals surface area contributed by atoms with Gasteiger partial charge in [0.15, 0.2) is 0 Å². The molecule has 0 spiro atoms. The van der Waals surface area contributed by atoms with Crippen molar-refractivity contribution in [1.29, 1.82) is 0 Å². The molecule has 32 heavy (non-hydrogen) atoms. The standard InChI is InChI=1S/C26H20B2O4/c29-27(30)19-13-9-17(10-14-19)25-21-5-1-2-6-22(21)26(24-8-4-3-7-23(24)25)18-11-15-20(16-12-18)28(31)32/h1-16,29-32H. The van der Waals surface area contributed by atoms with Crippen molar-refractivity contribution in [3.05, 3.63) is 97.1 Å². The van der Waals surface area contributed by atoms with Crippen LogP contribution in [0.2, 0.25) is 0 Å². The lowest BCUT2D eigenvalue weighted by atomic mass is 9.78. The third-order valence-corrected chi connectivity index (χ3v) is 5.93. The monoisotopic (exact) mass is 418 g/mol. The Morgan fingerprint density at radius 2 is 0.656 bits per heavy atom. The molecule has 0 saturated carbocycles. The van der Waals surface area contributed by atoms with Gasteiger partial charge >= 0.3 is 14.2 Å². The molecule has 0 radical (unpaired) electrons. The molecule has 154 valence electrons. The smallest absolute Gasteiger partial charge is 0.423 e. The molecule has 4 N–H and O–H groups in total. The molecule has 0 aliphatic carbocycles. The minimum absolute atomic E-state index is 0.449. The van der Waals surface area contributed by atoms with Crippen molar-refractivity contribution >= 4 is 46.7 Å². The van der Waals surface area contributed by atoms with Crippen molar-refractivity contribution in [1.82, 2.24) is 0 Å². The van der Waals surface area contributed by atoms with Gasteiger partial charge in [-0.1, -0.05) is 97.1 Å². The van der Waals surface area contributed by atoms with E-state index in [1.165, 1.54) is 0 Å². The highest BCUT2D eigenvalue weighted by Gasteiger charge is 2.18. The van der Waals surface area contributed by atoms with Crippen LogP contribution < -0.4 is 10.9 Å². The van der Waals surface area contributed by atoms with Gasteiger partial charge in [0.1, 0.15) is 0 Å². The topological polar surface area (TPSA) is 80.9 Å². The van der Waals surface area contributed by atoms with Crippen LogP contribution in [0.5, 0.6) is 0 Å². The fourth-order valence-corrected chi connectivity index (χ4v) is 4.39. The van der Waals surface area contributed by atoms with Crippen molar-refractivity contribution in [2.75, 3.05) is 0 Å². The van der Waals surface area contributed by atoms with Crippen molar-refractivity contribution in [3.63, 3.8) is 0 Å². The van der Waals surface area contributed by atoms with Crippen LogP contribution in [0, 0.1) is 0 Å². The average Bonchev–Trinajstić information content (AvgIpc) is 2.82. The Kier molecular flexibility index (Phi) is 5.29. The first-order chi connectivity index (χ1) is 15.5. The molecule has 0 heterocycles. The van der Waals surface area contributed by atoms with Crippen LogP contribution in [0.15, 0.2) is 97.1 Å². The Morgan fingerprint density at radius 1 is 0.375 bits per heavy atom. The molecule has 0 fully saturated rings. The van der Waals surface area contributed by atoms with Crippen molar-refractivity contribution in [2.24, 2.45) is 0 Å². The first-order valence-corrected chi connectivity index (χ1v) is 10.4. The van der Waals surface area contributed by atoms with Gasteiger partial charge in [-0.05, 0) is 54.7 Å². The predicted molar refractivity (Wildman–Crippen MR) is 132 cm³/mol. The lowest BCUT2D eigenvalue weighted by Gasteiger charge is -2.18. The largest absolute Gasteiger partial charge is 0.488 e. The normalized spacial score (nSPS) is 11.1. The van der Waals surface area contributed by atoms with E-state index < -0.39 is 14.2 Å². The summed E-state index contributed by atoms with van der Waals surface area (Å²) in [5, 5.41) is 42.2. The summed E-state index contributed by atoms with van der Waals surface area (Å²) in [6.07, 6.45) is 0. The van der Waals surface area contributed by atoms with Gasteiger partial charge in [-0.25, -0.2) is 0 Å². The second kappa shape index (κ2) is 8.26. The molecule has 0 aliphatic heterocycles. The van der Waals surface area contributed by atoms with E-state index in [0.29, 0.717) is 10.9 Å². The van der Waals surface area contributed by atoms with Gasteiger partial charge in [0, 0.05) is 0 Å². The second-order valence-corrected chi connectivity index (χ2v) is 7.83. The van der Waals surface area contributed by atoms with Crippen LogP contribution in [0.4, 0.5) is 0 Å². The van der Waals surface area contributed by atoms with Crippen LogP contribution in [0.1, 0.15) is 0 Å². The van der Waals surface area contributed by atoms with Gasteiger partial charge in [-0.15, -0.1) is 0 Å². The summed E-state index contributed by atoms with van der Waals surface area (Å²) < 4.78 is 0. The van der Waals surface area contributed by atoms with Crippen molar-refractivity contribution in [3.8, 4) is 22.3 Å². The predicted octanol–water partition coefficient (Wildman–Crippen LogP) is 2.69. The highest BCUT2D eigenvalue weighted by atomic mass is 16.4. The molecule has 0 bridgehead atoms. The fourth-order valence-electron chi connectivity index (χ4n) is 4.39. The summed E-state index contributed by atoms with van der Waals surface area (Å²) in [5.41, 5.74) is 5.05. The molecule has 4 nitrogen and oxygen atoms in total. The quantitative estimate of drug-likeness (QED) is 0.267. The van der Waals surface area contributed by atoms with Gasteiger partial charge in [0.2, 0.25) is 0 Å². The zero-order chi connectivity index (χ0) is 22.2. The first kappa shape index (κ1) is 20.5. The zero-order valence-corrected chi connectivity index (χ0v) is 17.2. The van der Waals surface area contributed by atoms with Crippen LogP contribution in [0.25, 0.3) is 43.8 Å². The lowest BCUT2D eigenvalue weighted by Crippen LogP contribution is -2.29. The number of hydrogen-bond donors (Lipinski definition) is 4. The first-order valence-electron chi connectivity index (χ1n) is 10.4. The SMILES string of the molecule is OB(O)c1ccc(-c2c3ccccc3c(-c3ccc(B(O)O)cc3)c3ccccc23)cc1.